The number of para-hydroxylation sites is 1. The number of carbonyl (C=O) groups is 4. The van der Waals surface area contributed by atoms with Crippen LogP contribution < -0.4 is 37.4 Å². The normalized spacial score (nSPS) is 14.1. The van der Waals surface area contributed by atoms with E-state index in [0.717, 1.165) is 49.6 Å². The summed E-state index contributed by atoms with van der Waals surface area (Å²) >= 11 is 12.7. The second-order valence-electron chi connectivity index (χ2n) is 26.2. The molecule has 2 fully saturated rings. The molecule has 4 N–H and O–H groups in total. The fourth-order valence-electron chi connectivity index (χ4n) is 13.6. The van der Waals surface area contributed by atoms with Crippen molar-refractivity contribution >= 4 is 101 Å². The quantitative estimate of drug-likeness (QED) is 0.0654. The second-order valence-corrected chi connectivity index (χ2v) is 28.8. The smallest absolute Gasteiger partial charge is 0.272 e. The van der Waals surface area contributed by atoms with Crippen molar-refractivity contribution in [3.8, 4) is 16.9 Å². The topological polar surface area (TPSA) is 303 Å². The summed E-state index contributed by atoms with van der Waals surface area (Å²) in [5.74, 6) is -1.07. The molecule has 0 aliphatic heterocycles. The van der Waals surface area contributed by atoms with E-state index in [0.29, 0.717) is 117 Å². The van der Waals surface area contributed by atoms with Crippen LogP contribution in [0.3, 0.4) is 0 Å². The van der Waals surface area contributed by atoms with Crippen LogP contribution in [0.5, 0.6) is 0 Å². The number of aryl methyl sites for hydroxylation is 3. The SMILES string of the molecule is Cc1ncc(-c2cccc(S(=O)(=O)NC3CC3)c2)nc1C(=O)N[C@@H](C)c1cc2cccc(Cl)c2c(=O)n1C.Cc1nn2cccnc2c1C(=O)N[C@@H](C)c1cc2cccc(C=O)c2c(=O)n1-c1ccccc1.Cc1nn2cccnc2c1C(=O)N[C@@H](C)c1cc2cccc(Cl)c2c(=O)n1C1CCCCC1. The summed E-state index contributed by atoms with van der Waals surface area (Å²) in [6.45, 7) is 10.7. The van der Waals surface area contributed by atoms with Gasteiger partial charge in [0.25, 0.3) is 34.4 Å². The van der Waals surface area contributed by atoms with E-state index in [2.05, 4.69) is 50.8 Å². The van der Waals surface area contributed by atoms with Crippen molar-refractivity contribution in [3.05, 3.63) is 268 Å². The number of halogens is 2. The number of rotatable bonds is 16. The van der Waals surface area contributed by atoms with Gasteiger partial charge in [-0.3, -0.25) is 43.1 Å². The highest BCUT2D eigenvalue weighted by molar-refractivity contribution is 7.89. The molecule has 8 heterocycles. The Morgan fingerprint density at radius 1 is 0.562 bits per heavy atom. The summed E-state index contributed by atoms with van der Waals surface area (Å²) < 4.78 is 36.0. The van der Waals surface area contributed by atoms with Gasteiger partial charge >= 0.3 is 0 Å². The first kappa shape index (κ1) is 72.0. The number of carbonyl (C=O) groups excluding carboxylic acids is 4. The molecule has 15 rings (SSSR count). The van der Waals surface area contributed by atoms with E-state index in [9.17, 15) is 42.0 Å². The van der Waals surface area contributed by atoms with Crippen LogP contribution in [0, 0.1) is 20.8 Å². The largest absolute Gasteiger partial charge is 0.344 e. The number of fused-ring (bicyclic) bond motifs is 5. The van der Waals surface area contributed by atoms with Gasteiger partial charge in [-0.25, -0.2) is 37.1 Å². The van der Waals surface area contributed by atoms with Gasteiger partial charge in [-0.05, 0) is 150 Å². The molecular formula is C78H73Cl2N15O9S. The van der Waals surface area contributed by atoms with Gasteiger partial charge < -0.3 is 25.1 Å². The second kappa shape index (κ2) is 30.1. The minimum absolute atomic E-state index is 0.0146. The van der Waals surface area contributed by atoms with Crippen molar-refractivity contribution in [1.82, 2.24) is 73.5 Å². The van der Waals surface area contributed by atoms with Crippen molar-refractivity contribution in [2.75, 3.05) is 0 Å². The van der Waals surface area contributed by atoms with Crippen LogP contribution >= 0.6 is 23.2 Å². The number of aldehydes is 1. The molecule has 2 saturated carbocycles. The number of nitrogens with one attached hydrogen (secondary N) is 4. The maximum atomic E-state index is 13.7. The highest BCUT2D eigenvalue weighted by atomic mass is 35.5. The number of amides is 3. The van der Waals surface area contributed by atoms with Crippen molar-refractivity contribution in [2.24, 2.45) is 7.05 Å². The number of nitrogens with zero attached hydrogens (tertiary/aromatic N) is 11. The number of sulfonamides is 1. The van der Waals surface area contributed by atoms with E-state index >= 15 is 0 Å². The lowest BCUT2D eigenvalue weighted by Gasteiger charge is -2.29. The Balaban J connectivity index is 0.000000140. The monoisotopic (exact) mass is 1470 g/mol. The lowest BCUT2D eigenvalue weighted by atomic mass is 9.94. The van der Waals surface area contributed by atoms with Gasteiger partial charge in [0.2, 0.25) is 10.0 Å². The molecule has 0 bridgehead atoms. The van der Waals surface area contributed by atoms with Gasteiger partial charge in [0.05, 0.1) is 78.2 Å². The summed E-state index contributed by atoms with van der Waals surface area (Å²) in [5, 5.41) is 22.0. The third-order valence-corrected chi connectivity index (χ3v) is 21.1. The van der Waals surface area contributed by atoms with Crippen LogP contribution in [0.15, 0.2) is 190 Å². The van der Waals surface area contributed by atoms with E-state index in [4.69, 9.17) is 23.2 Å². The molecule has 8 aromatic heterocycles. The van der Waals surface area contributed by atoms with Gasteiger partial charge in [0.15, 0.2) is 17.6 Å². The number of benzene rings is 5. The molecule has 27 heteroatoms. The molecule has 2 aliphatic rings. The van der Waals surface area contributed by atoms with Crippen molar-refractivity contribution in [2.45, 2.75) is 122 Å². The molecule has 2 aliphatic carbocycles. The molecule has 0 radical (unpaired) electrons. The van der Waals surface area contributed by atoms with Crippen molar-refractivity contribution in [1.29, 1.82) is 0 Å². The summed E-state index contributed by atoms with van der Waals surface area (Å²) in [6, 6.07) is 39.2. The van der Waals surface area contributed by atoms with E-state index in [1.54, 1.807) is 140 Å². The van der Waals surface area contributed by atoms with Crippen LogP contribution in [-0.2, 0) is 17.1 Å². The Labute approximate surface area is 612 Å². The van der Waals surface area contributed by atoms with Gasteiger partial charge in [0.1, 0.15) is 16.8 Å². The Morgan fingerprint density at radius 2 is 1.10 bits per heavy atom. The first-order valence-electron chi connectivity index (χ1n) is 34.3. The fourth-order valence-corrected chi connectivity index (χ4v) is 15.5. The minimum atomic E-state index is -3.65. The predicted molar refractivity (Wildman–Crippen MR) is 403 cm³/mol. The average molecular weight is 1470 g/mol. The Morgan fingerprint density at radius 3 is 1.70 bits per heavy atom. The zero-order valence-electron chi connectivity index (χ0n) is 58.3. The molecule has 534 valence electrons. The summed E-state index contributed by atoms with van der Waals surface area (Å²) in [4.78, 5) is 109. The van der Waals surface area contributed by atoms with Gasteiger partial charge in [-0.1, -0.05) is 115 Å². The minimum Gasteiger partial charge on any atom is -0.344 e. The molecule has 13 aromatic rings. The summed E-state index contributed by atoms with van der Waals surface area (Å²) in [6.07, 6.45) is 15.9. The molecule has 0 saturated heterocycles. The van der Waals surface area contributed by atoms with Crippen LogP contribution in [0.2, 0.25) is 10.0 Å². The highest BCUT2D eigenvalue weighted by Crippen LogP contribution is 2.34. The number of aromatic nitrogens is 11. The molecule has 0 spiro atoms. The van der Waals surface area contributed by atoms with E-state index in [1.807, 2.05) is 79.1 Å². The van der Waals surface area contributed by atoms with Crippen LogP contribution in [0.25, 0.3) is 60.6 Å². The Bertz CT molecular complexity index is 5930. The molecule has 5 aromatic carbocycles. The lowest BCUT2D eigenvalue weighted by Crippen LogP contribution is -2.35. The third-order valence-electron chi connectivity index (χ3n) is 19.0. The van der Waals surface area contributed by atoms with Crippen LogP contribution in [-0.4, -0.2) is 91.3 Å². The first-order valence-corrected chi connectivity index (χ1v) is 36.5. The lowest BCUT2D eigenvalue weighted by molar-refractivity contribution is 0.0925. The predicted octanol–water partition coefficient (Wildman–Crippen LogP) is 12.5. The van der Waals surface area contributed by atoms with Gasteiger partial charge in [-0.2, -0.15) is 10.2 Å². The maximum Gasteiger partial charge on any atom is 0.272 e. The standard InChI is InChI=1S/C27H26ClN5O4S.C26H21N5O3.C25H26ClN5O2/c1-15(23-13-18-7-5-9-21(28)24(18)27(35)33(23)3)30-26(34)25-16(2)29-14-22(31-25)17-6-4-8-20(12-17)38(36,37)32-19-10-11-19;1-16(28-25(33)22-17(2)29-30-13-7-12-27-24(22)30)21-14-18-8-6-9-19(15-32)23(18)26(34)31(21)20-10-4-3-5-11-20;1-15(28-24(32)21-16(2)29-30-13-7-12-27-23(21)30)20-14-17-8-6-11-19(26)22(17)25(33)31(20)18-9-4-3-5-10-18/h4-9,12-15,19,32H,10-11H2,1-3H3,(H,30,34);3-16H,1-2H3,(H,28,33);6-8,11-15,18H,3-5,9-10H2,1-2H3,(H,28,32)/t15-;16-;15-/m000/s1. The molecule has 3 amide bonds. The maximum absolute atomic E-state index is 13.7. The molecular weight excluding hydrogens is 1390 g/mol. The fraction of sp³-hybridized carbons (Fsp3) is 0.244. The van der Waals surface area contributed by atoms with E-state index in [-0.39, 0.29) is 51.2 Å². The van der Waals surface area contributed by atoms with Crippen molar-refractivity contribution in [3.63, 3.8) is 0 Å². The zero-order valence-corrected chi connectivity index (χ0v) is 60.7. The highest BCUT2D eigenvalue weighted by Gasteiger charge is 2.31. The van der Waals surface area contributed by atoms with Crippen molar-refractivity contribution < 1.29 is 27.6 Å². The zero-order chi connectivity index (χ0) is 74.1. The molecule has 3 atom stereocenters. The van der Waals surface area contributed by atoms with E-state index in [1.165, 1.54) is 29.3 Å². The Kier molecular flexibility index (Phi) is 20.7. The summed E-state index contributed by atoms with van der Waals surface area (Å²) in [5.41, 5.74) is 6.62. The van der Waals surface area contributed by atoms with Gasteiger partial charge in [-0.15, -0.1) is 0 Å². The summed E-state index contributed by atoms with van der Waals surface area (Å²) in [7, 11) is -2.02. The number of hydrogen-bond acceptors (Lipinski definition) is 15. The van der Waals surface area contributed by atoms with Gasteiger partial charge in [0, 0.05) is 77.8 Å². The number of hydrogen-bond donors (Lipinski definition) is 4. The molecule has 24 nitrogen and oxygen atoms in total. The average Bonchev–Trinajstić information content (AvgIpc) is 1.42. The van der Waals surface area contributed by atoms with Crippen LogP contribution in [0.4, 0.5) is 0 Å². The third kappa shape index (κ3) is 14.7. The molecule has 0 unspecified atom stereocenters. The van der Waals surface area contributed by atoms with E-state index < -0.39 is 34.1 Å². The number of pyridine rings is 3. The first-order chi connectivity index (χ1) is 50.5. The Hall–Kier alpha value is -11.4. The molecule has 105 heavy (non-hydrogen) atoms. The van der Waals surface area contributed by atoms with Crippen LogP contribution in [0.1, 0.15) is 166 Å².